The third-order valence-electron chi connectivity index (χ3n) is 12.1. The monoisotopic (exact) mass is 726 g/mol. The summed E-state index contributed by atoms with van der Waals surface area (Å²) in [5, 5.41) is 7.39. The third kappa shape index (κ3) is 5.48. The fraction of sp³-hybridized carbons (Fsp3) is 0.0545. The molecule has 0 aliphatic heterocycles. The molecule has 9 aromatic carbocycles. The van der Waals surface area contributed by atoms with Crippen LogP contribution < -0.4 is 0 Å². The predicted molar refractivity (Wildman–Crippen MR) is 239 cm³/mol. The molecule has 0 fully saturated rings. The molecule has 0 unspecified atom stereocenters. The molecule has 0 spiro atoms. The van der Waals surface area contributed by atoms with Gasteiger partial charge in [0.15, 0.2) is 5.82 Å². The molecule has 2 nitrogen and oxygen atoms in total. The van der Waals surface area contributed by atoms with Gasteiger partial charge in [-0.15, -0.1) is 0 Å². The van der Waals surface area contributed by atoms with Gasteiger partial charge in [-0.3, -0.25) is 0 Å². The van der Waals surface area contributed by atoms with Crippen LogP contribution in [0.4, 0.5) is 0 Å². The molecule has 0 bridgehead atoms. The van der Waals surface area contributed by atoms with E-state index in [0.717, 1.165) is 33.5 Å². The summed E-state index contributed by atoms with van der Waals surface area (Å²) in [6, 6.07) is 70.1. The van der Waals surface area contributed by atoms with Crippen molar-refractivity contribution in [2.45, 2.75) is 19.3 Å². The summed E-state index contributed by atoms with van der Waals surface area (Å²) < 4.78 is 0. The van der Waals surface area contributed by atoms with Gasteiger partial charge in [-0.2, -0.15) is 0 Å². The van der Waals surface area contributed by atoms with E-state index in [4.69, 9.17) is 9.97 Å². The minimum Gasteiger partial charge on any atom is -0.228 e. The highest BCUT2D eigenvalue weighted by Crippen LogP contribution is 2.52. The van der Waals surface area contributed by atoms with Crippen LogP contribution in [0.3, 0.4) is 0 Å². The van der Waals surface area contributed by atoms with Gasteiger partial charge in [-0.1, -0.05) is 184 Å². The summed E-state index contributed by atoms with van der Waals surface area (Å²) >= 11 is 0. The molecule has 0 saturated heterocycles. The van der Waals surface area contributed by atoms with E-state index in [-0.39, 0.29) is 5.41 Å². The first kappa shape index (κ1) is 33.2. The van der Waals surface area contributed by atoms with E-state index in [1.807, 2.05) is 6.07 Å². The summed E-state index contributed by atoms with van der Waals surface area (Å²) in [7, 11) is 0. The molecule has 1 aliphatic carbocycles. The zero-order valence-electron chi connectivity index (χ0n) is 31.9. The minimum atomic E-state index is -0.0747. The van der Waals surface area contributed by atoms with Crippen LogP contribution in [0.15, 0.2) is 194 Å². The van der Waals surface area contributed by atoms with Crippen molar-refractivity contribution in [3.8, 4) is 67.3 Å². The maximum atomic E-state index is 5.30. The van der Waals surface area contributed by atoms with E-state index in [0.29, 0.717) is 5.82 Å². The Morgan fingerprint density at radius 2 is 0.877 bits per heavy atom. The second-order valence-electron chi connectivity index (χ2n) is 15.8. The van der Waals surface area contributed by atoms with Gasteiger partial charge in [0.05, 0.1) is 11.4 Å². The SMILES string of the molecule is CC1(C)c2ccc(-c3ccc(-c4nc(-c5ccccc5)cc(-c5ccc(-c6ccc7ccccc7c6)cc5)n4)c4ccccc34)cc2-c2c1ccc1ccccc21. The molecule has 1 heterocycles. The first-order valence-corrected chi connectivity index (χ1v) is 19.7. The van der Waals surface area contributed by atoms with E-state index < -0.39 is 0 Å². The normalized spacial score (nSPS) is 12.9. The van der Waals surface area contributed by atoms with E-state index >= 15 is 0 Å². The van der Waals surface area contributed by atoms with Crippen molar-refractivity contribution in [3.05, 3.63) is 205 Å². The van der Waals surface area contributed by atoms with Gasteiger partial charge in [0.1, 0.15) is 0 Å². The lowest BCUT2D eigenvalue weighted by Crippen LogP contribution is -2.14. The summed E-state index contributed by atoms with van der Waals surface area (Å²) in [5.41, 5.74) is 15.1. The number of hydrogen-bond acceptors (Lipinski definition) is 2. The van der Waals surface area contributed by atoms with Crippen molar-refractivity contribution in [2.75, 3.05) is 0 Å². The van der Waals surface area contributed by atoms with Crippen molar-refractivity contribution in [1.29, 1.82) is 0 Å². The molecule has 1 aliphatic rings. The third-order valence-corrected chi connectivity index (χ3v) is 12.1. The average molecular weight is 727 g/mol. The predicted octanol–water partition coefficient (Wildman–Crippen LogP) is 14.6. The summed E-state index contributed by atoms with van der Waals surface area (Å²) in [4.78, 5) is 10.6. The van der Waals surface area contributed by atoms with Crippen LogP contribution in [-0.4, -0.2) is 9.97 Å². The minimum absolute atomic E-state index is 0.0747. The van der Waals surface area contributed by atoms with Crippen molar-refractivity contribution < 1.29 is 0 Å². The lowest BCUT2D eigenvalue weighted by atomic mass is 9.81. The van der Waals surface area contributed by atoms with Crippen LogP contribution in [0.25, 0.3) is 99.6 Å². The highest BCUT2D eigenvalue weighted by molar-refractivity contribution is 6.07. The highest BCUT2D eigenvalue weighted by atomic mass is 14.9. The van der Waals surface area contributed by atoms with Crippen LogP contribution in [0.2, 0.25) is 0 Å². The lowest BCUT2D eigenvalue weighted by Gasteiger charge is -2.21. The summed E-state index contributed by atoms with van der Waals surface area (Å²) in [5.74, 6) is 0.712. The van der Waals surface area contributed by atoms with Gasteiger partial charge >= 0.3 is 0 Å². The molecule has 0 N–H and O–H groups in total. The molecule has 11 rings (SSSR count). The van der Waals surface area contributed by atoms with Crippen LogP contribution >= 0.6 is 0 Å². The number of fused-ring (bicyclic) bond motifs is 7. The Morgan fingerprint density at radius 1 is 0.333 bits per heavy atom. The Hall–Kier alpha value is -7.16. The number of benzene rings is 9. The Kier molecular flexibility index (Phi) is 7.55. The van der Waals surface area contributed by atoms with E-state index in [9.17, 15) is 0 Å². The zero-order chi connectivity index (χ0) is 38.1. The number of nitrogens with zero attached hydrogens (tertiary/aromatic N) is 2. The second-order valence-corrected chi connectivity index (χ2v) is 15.8. The van der Waals surface area contributed by atoms with E-state index in [1.54, 1.807) is 0 Å². The average Bonchev–Trinajstić information content (AvgIpc) is 3.51. The molecule has 10 aromatic rings. The van der Waals surface area contributed by atoms with Gasteiger partial charge in [0.2, 0.25) is 0 Å². The van der Waals surface area contributed by atoms with Gasteiger partial charge in [-0.25, -0.2) is 9.97 Å². The fourth-order valence-electron chi connectivity index (χ4n) is 9.11. The molecule has 0 saturated carbocycles. The molecular formula is C55H38N2. The lowest BCUT2D eigenvalue weighted by molar-refractivity contribution is 0.661. The topological polar surface area (TPSA) is 25.8 Å². The quantitative estimate of drug-likeness (QED) is 0.176. The Morgan fingerprint density at radius 3 is 1.65 bits per heavy atom. The second kappa shape index (κ2) is 13.0. The molecule has 1 aromatic heterocycles. The van der Waals surface area contributed by atoms with Gasteiger partial charge < -0.3 is 0 Å². The van der Waals surface area contributed by atoms with E-state index in [1.165, 1.54) is 71.4 Å². The van der Waals surface area contributed by atoms with Gasteiger partial charge in [0.25, 0.3) is 0 Å². The Balaban J connectivity index is 1.03. The molecule has 268 valence electrons. The first-order valence-electron chi connectivity index (χ1n) is 19.7. The zero-order valence-corrected chi connectivity index (χ0v) is 31.9. The Bertz CT molecular complexity index is 3190. The number of rotatable bonds is 5. The van der Waals surface area contributed by atoms with Crippen molar-refractivity contribution in [3.63, 3.8) is 0 Å². The first-order chi connectivity index (χ1) is 28.0. The highest BCUT2D eigenvalue weighted by Gasteiger charge is 2.36. The maximum Gasteiger partial charge on any atom is 0.161 e. The van der Waals surface area contributed by atoms with Crippen LogP contribution in [0.5, 0.6) is 0 Å². The van der Waals surface area contributed by atoms with Crippen molar-refractivity contribution in [1.82, 2.24) is 9.97 Å². The molecule has 0 amide bonds. The van der Waals surface area contributed by atoms with Crippen LogP contribution in [-0.2, 0) is 5.41 Å². The molecule has 57 heavy (non-hydrogen) atoms. The van der Waals surface area contributed by atoms with Crippen LogP contribution in [0.1, 0.15) is 25.0 Å². The maximum absolute atomic E-state index is 5.30. The number of hydrogen-bond donors (Lipinski definition) is 0. The number of aromatic nitrogens is 2. The Labute approximate surface area is 332 Å². The molecule has 0 atom stereocenters. The van der Waals surface area contributed by atoms with Crippen LogP contribution in [0, 0.1) is 0 Å². The standard InChI is InChI=1S/C55H38N2/c1-55(2)49-30-27-42(33-48(49)53-44-17-9-8-13-37(44)26-31-50(53)55)43-28-29-47(46-19-11-10-18-45(43)46)54-56-51(38-14-4-3-5-15-38)34-52(57-54)39-23-20-36(21-24-39)41-25-22-35-12-6-7-16-40(35)32-41/h3-34H,1-2H3. The van der Waals surface area contributed by atoms with Crippen molar-refractivity contribution in [2.24, 2.45) is 0 Å². The van der Waals surface area contributed by atoms with Gasteiger partial charge in [-0.05, 0) is 101 Å². The van der Waals surface area contributed by atoms with E-state index in [2.05, 4.69) is 202 Å². The summed E-state index contributed by atoms with van der Waals surface area (Å²) in [6.45, 7) is 4.71. The smallest absolute Gasteiger partial charge is 0.161 e. The molecule has 0 radical (unpaired) electrons. The summed E-state index contributed by atoms with van der Waals surface area (Å²) in [6.07, 6.45) is 0. The largest absolute Gasteiger partial charge is 0.228 e. The fourth-order valence-corrected chi connectivity index (χ4v) is 9.11. The molecule has 2 heteroatoms. The van der Waals surface area contributed by atoms with Gasteiger partial charge in [0, 0.05) is 22.1 Å². The molecular weight excluding hydrogens is 689 g/mol. The van der Waals surface area contributed by atoms with Crippen molar-refractivity contribution >= 4 is 32.3 Å².